The highest BCUT2D eigenvalue weighted by molar-refractivity contribution is 5.60. The van der Waals surface area contributed by atoms with Crippen LogP contribution in [0.25, 0.3) is 17.4 Å². The van der Waals surface area contributed by atoms with Crippen LogP contribution in [0.2, 0.25) is 0 Å². The van der Waals surface area contributed by atoms with Crippen molar-refractivity contribution in [3.8, 4) is 17.4 Å². The number of aromatic nitrogens is 1. The SMILES string of the molecule is N#CCC=Cc1ccc(-c2ccno2)cc1. The molecule has 2 aromatic rings. The molecule has 0 bridgehead atoms. The number of hydrogen-bond acceptors (Lipinski definition) is 3. The maximum atomic E-state index is 8.39. The third kappa shape index (κ3) is 2.37. The number of nitriles is 1. The van der Waals surface area contributed by atoms with Gasteiger partial charge in [0.2, 0.25) is 0 Å². The monoisotopic (exact) mass is 210 g/mol. The van der Waals surface area contributed by atoms with Gasteiger partial charge in [-0.2, -0.15) is 5.26 Å². The molecular formula is C13H10N2O. The minimum absolute atomic E-state index is 0.434. The number of nitrogens with zero attached hydrogens (tertiary/aromatic N) is 2. The first kappa shape index (κ1) is 10.2. The molecule has 0 radical (unpaired) electrons. The summed E-state index contributed by atoms with van der Waals surface area (Å²) >= 11 is 0. The third-order valence-corrected chi connectivity index (χ3v) is 2.15. The fraction of sp³-hybridized carbons (Fsp3) is 0.0769. The molecule has 1 heterocycles. The van der Waals surface area contributed by atoms with E-state index < -0.39 is 0 Å². The Labute approximate surface area is 93.6 Å². The molecule has 0 unspecified atom stereocenters. The topological polar surface area (TPSA) is 49.8 Å². The van der Waals surface area contributed by atoms with E-state index in [2.05, 4.69) is 11.2 Å². The molecule has 16 heavy (non-hydrogen) atoms. The van der Waals surface area contributed by atoms with Crippen LogP contribution < -0.4 is 0 Å². The number of hydrogen-bond donors (Lipinski definition) is 0. The van der Waals surface area contributed by atoms with E-state index in [4.69, 9.17) is 9.78 Å². The van der Waals surface area contributed by atoms with Crippen LogP contribution >= 0.6 is 0 Å². The van der Waals surface area contributed by atoms with Crippen molar-refractivity contribution in [1.82, 2.24) is 5.16 Å². The third-order valence-electron chi connectivity index (χ3n) is 2.15. The summed E-state index contributed by atoms with van der Waals surface area (Å²) in [6.45, 7) is 0. The lowest BCUT2D eigenvalue weighted by atomic mass is 10.1. The first-order valence-electron chi connectivity index (χ1n) is 4.95. The summed E-state index contributed by atoms with van der Waals surface area (Å²) < 4.78 is 5.05. The predicted molar refractivity (Wildman–Crippen MR) is 61.2 cm³/mol. The van der Waals surface area contributed by atoms with Crippen molar-refractivity contribution in [2.24, 2.45) is 0 Å². The van der Waals surface area contributed by atoms with E-state index >= 15 is 0 Å². The quantitative estimate of drug-likeness (QED) is 0.781. The Bertz CT molecular complexity index is 504. The van der Waals surface area contributed by atoms with Crippen molar-refractivity contribution in [2.75, 3.05) is 0 Å². The Morgan fingerprint density at radius 1 is 1.25 bits per heavy atom. The maximum Gasteiger partial charge on any atom is 0.166 e. The number of rotatable bonds is 3. The van der Waals surface area contributed by atoms with E-state index in [1.807, 2.05) is 42.5 Å². The summed E-state index contributed by atoms with van der Waals surface area (Å²) in [5.41, 5.74) is 2.06. The highest BCUT2D eigenvalue weighted by Crippen LogP contribution is 2.19. The van der Waals surface area contributed by atoms with E-state index in [9.17, 15) is 0 Å². The molecule has 1 aromatic carbocycles. The second-order valence-electron chi connectivity index (χ2n) is 3.26. The van der Waals surface area contributed by atoms with Crippen LogP contribution in [-0.2, 0) is 0 Å². The molecule has 1 aromatic heterocycles. The van der Waals surface area contributed by atoms with E-state index in [1.165, 1.54) is 0 Å². The lowest BCUT2D eigenvalue weighted by Gasteiger charge is -1.96. The van der Waals surface area contributed by atoms with Crippen molar-refractivity contribution >= 4 is 6.08 Å². The predicted octanol–water partition coefficient (Wildman–Crippen LogP) is 3.27. The van der Waals surface area contributed by atoms with Crippen LogP contribution in [0.4, 0.5) is 0 Å². The van der Waals surface area contributed by atoms with Gasteiger partial charge < -0.3 is 4.52 Å². The van der Waals surface area contributed by atoms with Crippen molar-refractivity contribution in [3.05, 3.63) is 48.2 Å². The minimum Gasteiger partial charge on any atom is -0.356 e. The molecule has 0 fully saturated rings. The van der Waals surface area contributed by atoms with Crippen LogP contribution in [0.1, 0.15) is 12.0 Å². The molecule has 0 atom stereocenters. The normalized spacial score (nSPS) is 10.4. The van der Waals surface area contributed by atoms with Gasteiger partial charge in [0.05, 0.1) is 18.7 Å². The zero-order chi connectivity index (χ0) is 11.2. The molecule has 2 rings (SSSR count). The maximum absolute atomic E-state index is 8.39. The molecule has 0 N–H and O–H groups in total. The van der Waals surface area contributed by atoms with Gasteiger partial charge in [0.1, 0.15) is 0 Å². The molecule has 3 heteroatoms. The van der Waals surface area contributed by atoms with Crippen LogP contribution in [-0.4, -0.2) is 5.16 Å². The summed E-state index contributed by atoms with van der Waals surface area (Å²) in [5.74, 6) is 0.757. The fourth-order valence-electron chi connectivity index (χ4n) is 1.37. The molecule has 0 aliphatic carbocycles. The van der Waals surface area contributed by atoms with E-state index in [-0.39, 0.29) is 0 Å². The van der Waals surface area contributed by atoms with Gasteiger partial charge in [0.25, 0.3) is 0 Å². The van der Waals surface area contributed by atoms with Crippen molar-refractivity contribution < 1.29 is 4.52 Å². The minimum atomic E-state index is 0.434. The summed E-state index contributed by atoms with van der Waals surface area (Å²) in [7, 11) is 0. The Kier molecular flexibility index (Phi) is 3.15. The second kappa shape index (κ2) is 4.94. The summed E-state index contributed by atoms with van der Waals surface area (Å²) in [6.07, 6.45) is 5.82. The lowest BCUT2D eigenvalue weighted by Crippen LogP contribution is -1.75. The molecule has 0 spiro atoms. The zero-order valence-electron chi connectivity index (χ0n) is 8.63. The molecule has 3 nitrogen and oxygen atoms in total. The van der Waals surface area contributed by atoms with Crippen molar-refractivity contribution in [3.63, 3.8) is 0 Å². The van der Waals surface area contributed by atoms with E-state index in [0.29, 0.717) is 6.42 Å². The van der Waals surface area contributed by atoms with Gasteiger partial charge in [-0.15, -0.1) is 0 Å². The smallest absolute Gasteiger partial charge is 0.166 e. The van der Waals surface area contributed by atoms with Crippen molar-refractivity contribution in [1.29, 1.82) is 5.26 Å². The van der Waals surface area contributed by atoms with Gasteiger partial charge in [-0.3, -0.25) is 0 Å². The van der Waals surface area contributed by atoms with Gasteiger partial charge in [0, 0.05) is 11.6 Å². The van der Waals surface area contributed by atoms with Gasteiger partial charge in [-0.1, -0.05) is 41.6 Å². The lowest BCUT2D eigenvalue weighted by molar-refractivity contribution is 0.432. The standard InChI is InChI=1S/C13H10N2O/c14-9-2-1-3-11-4-6-12(7-5-11)13-8-10-15-16-13/h1,3-8,10H,2H2. The molecule has 0 amide bonds. The molecule has 0 saturated heterocycles. The van der Waals surface area contributed by atoms with Crippen LogP contribution in [0.15, 0.2) is 47.1 Å². The molecule has 0 aliphatic heterocycles. The highest BCUT2D eigenvalue weighted by Gasteiger charge is 1.99. The number of benzene rings is 1. The van der Waals surface area contributed by atoms with Crippen molar-refractivity contribution in [2.45, 2.75) is 6.42 Å². The van der Waals surface area contributed by atoms with Gasteiger partial charge >= 0.3 is 0 Å². The Morgan fingerprint density at radius 2 is 2.06 bits per heavy atom. The zero-order valence-corrected chi connectivity index (χ0v) is 8.63. The molecule has 0 saturated carbocycles. The first-order valence-corrected chi connectivity index (χ1v) is 4.95. The Morgan fingerprint density at radius 3 is 2.69 bits per heavy atom. The largest absolute Gasteiger partial charge is 0.356 e. The number of allylic oxidation sites excluding steroid dienone is 1. The van der Waals surface area contributed by atoms with Crippen LogP contribution in [0, 0.1) is 11.3 Å². The average molecular weight is 210 g/mol. The molecular weight excluding hydrogens is 200 g/mol. The fourth-order valence-corrected chi connectivity index (χ4v) is 1.37. The van der Waals surface area contributed by atoms with E-state index in [0.717, 1.165) is 16.9 Å². The highest BCUT2D eigenvalue weighted by atomic mass is 16.5. The Hall–Kier alpha value is -2.34. The van der Waals surface area contributed by atoms with Gasteiger partial charge in [-0.05, 0) is 5.56 Å². The van der Waals surface area contributed by atoms with Gasteiger partial charge in [0.15, 0.2) is 5.76 Å². The van der Waals surface area contributed by atoms with Crippen LogP contribution in [0.5, 0.6) is 0 Å². The first-order chi connectivity index (χ1) is 7.90. The average Bonchev–Trinajstić information content (AvgIpc) is 2.84. The Balaban J connectivity index is 2.14. The second-order valence-corrected chi connectivity index (χ2v) is 3.26. The van der Waals surface area contributed by atoms with Gasteiger partial charge in [-0.25, -0.2) is 0 Å². The van der Waals surface area contributed by atoms with E-state index in [1.54, 1.807) is 6.20 Å². The van der Waals surface area contributed by atoms with Crippen LogP contribution in [0.3, 0.4) is 0 Å². The summed E-state index contributed by atoms with van der Waals surface area (Å²) in [5, 5.41) is 12.0. The molecule has 0 aliphatic rings. The summed E-state index contributed by atoms with van der Waals surface area (Å²) in [6, 6.07) is 11.8. The summed E-state index contributed by atoms with van der Waals surface area (Å²) in [4.78, 5) is 0. The molecule has 78 valence electrons.